The number of nitrogens with one attached hydrogen (secondary N) is 2. The third-order valence-corrected chi connectivity index (χ3v) is 5.09. The van der Waals surface area contributed by atoms with Gasteiger partial charge in [-0.1, -0.05) is 0 Å². The number of carbonyl (C=O) groups excluding carboxylic acids is 1. The number of aromatic amines is 1. The van der Waals surface area contributed by atoms with E-state index in [-0.39, 0.29) is 11.3 Å². The summed E-state index contributed by atoms with van der Waals surface area (Å²) in [5.74, 6) is 1.44. The molecule has 5 rings (SSSR count). The number of rotatable bonds is 4. The molecule has 0 unspecified atom stereocenters. The number of carbonyl (C=O) groups is 1. The molecule has 0 aliphatic heterocycles. The molecule has 0 radical (unpaired) electrons. The van der Waals surface area contributed by atoms with Crippen LogP contribution < -0.4 is 10.9 Å². The number of aryl methyl sites for hydroxylation is 1. The lowest BCUT2D eigenvalue weighted by molar-refractivity contribution is 0.0994. The Hall–Kier alpha value is -2.89. The number of ketones is 1. The molecule has 3 aromatic rings. The van der Waals surface area contributed by atoms with Crippen LogP contribution in [0.2, 0.25) is 0 Å². The molecule has 25 heavy (non-hydrogen) atoms. The van der Waals surface area contributed by atoms with Gasteiger partial charge in [-0.3, -0.25) is 14.3 Å². The zero-order chi connectivity index (χ0) is 17.0. The predicted octanol–water partition coefficient (Wildman–Crippen LogP) is 3.01. The molecule has 6 nitrogen and oxygen atoms in total. The smallest absolute Gasteiger partial charge is 0.261 e. The van der Waals surface area contributed by atoms with Crippen molar-refractivity contribution in [3.63, 3.8) is 0 Å². The van der Waals surface area contributed by atoms with Crippen LogP contribution in [0, 0.1) is 5.92 Å². The Morgan fingerprint density at radius 1 is 1.20 bits per heavy atom. The van der Waals surface area contributed by atoms with Gasteiger partial charge in [0, 0.05) is 30.4 Å². The zero-order valence-corrected chi connectivity index (χ0v) is 13.7. The van der Waals surface area contributed by atoms with Gasteiger partial charge in [0.1, 0.15) is 5.39 Å². The van der Waals surface area contributed by atoms with Gasteiger partial charge in [0.2, 0.25) is 0 Å². The van der Waals surface area contributed by atoms with E-state index >= 15 is 0 Å². The maximum Gasteiger partial charge on any atom is 0.261 e. The average Bonchev–Trinajstić information content (AvgIpc) is 3.25. The summed E-state index contributed by atoms with van der Waals surface area (Å²) in [6.45, 7) is 0.848. The van der Waals surface area contributed by atoms with Gasteiger partial charge in [0.05, 0.1) is 5.52 Å². The van der Waals surface area contributed by atoms with Crippen molar-refractivity contribution < 1.29 is 4.79 Å². The highest BCUT2D eigenvalue weighted by Crippen LogP contribution is 2.33. The lowest BCUT2D eigenvalue weighted by atomic mass is 10.1. The molecule has 2 aliphatic carbocycles. The van der Waals surface area contributed by atoms with Crippen molar-refractivity contribution in [2.45, 2.75) is 32.2 Å². The molecule has 0 bridgehead atoms. The Morgan fingerprint density at radius 3 is 2.92 bits per heavy atom. The van der Waals surface area contributed by atoms with Crippen molar-refractivity contribution in [1.29, 1.82) is 0 Å². The highest BCUT2D eigenvalue weighted by Gasteiger charge is 2.25. The number of anilines is 2. The summed E-state index contributed by atoms with van der Waals surface area (Å²) in [6.07, 6.45) is 5.48. The molecule has 0 amide bonds. The molecule has 0 spiro atoms. The fraction of sp³-hybridized carbons (Fsp3) is 0.316. The van der Waals surface area contributed by atoms with Crippen molar-refractivity contribution in [3.8, 4) is 0 Å². The van der Waals surface area contributed by atoms with E-state index in [0.717, 1.165) is 35.3 Å². The lowest BCUT2D eigenvalue weighted by Gasteiger charge is -2.06. The van der Waals surface area contributed by atoms with Gasteiger partial charge in [0.25, 0.3) is 5.56 Å². The SMILES string of the molecule is O=C1CCc2cc(Nc3nn(CC4CC4)c4cc[nH]c(=O)c34)ccc21. The highest BCUT2D eigenvalue weighted by atomic mass is 16.1. The number of Topliss-reactive ketones (excluding diaryl/α,β-unsaturated/α-hetero) is 1. The van der Waals surface area contributed by atoms with Crippen LogP contribution in [0.1, 0.15) is 35.2 Å². The monoisotopic (exact) mass is 334 g/mol. The molecule has 2 heterocycles. The second-order valence-electron chi connectivity index (χ2n) is 6.96. The van der Waals surface area contributed by atoms with Gasteiger partial charge in [0.15, 0.2) is 11.6 Å². The van der Waals surface area contributed by atoms with Crippen LogP contribution in [0.4, 0.5) is 11.5 Å². The van der Waals surface area contributed by atoms with E-state index in [4.69, 9.17) is 0 Å². The van der Waals surface area contributed by atoms with Crippen molar-refractivity contribution in [3.05, 3.63) is 51.9 Å². The third kappa shape index (κ3) is 2.45. The average molecular weight is 334 g/mol. The first-order valence-corrected chi connectivity index (χ1v) is 8.70. The van der Waals surface area contributed by atoms with Crippen LogP contribution in [-0.4, -0.2) is 20.5 Å². The minimum atomic E-state index is -0.140. The van der Waals surface area contributed by atoms with Crippen molar-refractivity contribution in [2.75, 3.05) is 5.32 Å². The first-order valence-electron chi connectivity index (χ1n) is 8.70. The number of benzene rings is 1. The number of fused-ring (bicyclic) bond motifs is 2. The van der Waals surface area contributed by atoms with Crippen LogP contribution in [0.3, 0.4) is 0 Å². The number of aromatic nitrogens is 3. The van der Waals surface area contributed by atoms with E-state index in [1.165, 1.54) is 12.8 Å². The quantitative estimate of drug-likeness (QED) is 0.769. The highest BCUT2D eigenvalue weighted by molar-refractivity contribution is 6.01. The summed E-state index contributed by atoms with van der Waals surface area (Å²) >= 11 is 0. The Morgan fingerprint density at radius 2 is 2.08 bits per heavy atom. The van der Waals surface area contributed by atoms with Crippen molar-refractivity contribution >= 4 is 28.2 Å². The maximum atomic E-state index is 12.3. The minimum absolute atomic E-state index is 0.140. The van der Waals surface area contributed by atoms with Gasteiger partial charge < -0.3 is 10.3 Å². The molecule has 1 saturated carbocycles. The van der Waals surface area contributed by atoms with Gasteiger partial charge in [-0.2, -0.15) is 5.10 Å². The summed E-state index contributed by atoms with van der Waals surface area (Å²) in [4.78, 5) is 26.9. The Bertz CT molecular complexity index is 1060. The van der Waals surface area contributed by atoms with E-state index in [0.29, 0.717) is 23.5 Å². The van der Waals surface area contributed by atoms with Crippen LogP contribution in [0.25, 0.3) is 10.9 Å². The van der Waals surface area contributed by atoms with Crippen LogP contribution in [-0.2, 0) is 13.0 Å². The summed E-state index contributed by atoms with van der Waals surface area (Å²) in [5.41, 5.74) is 3.45. The van der Waals surface area contributed by atoms with Crippen molar-refractivity contribution in [1.82, 2.24) is 14.8 Å². The summed E-state index contributed by atoms with van der Waals surface area (Å²) in [5, 5.41) is 8.52. The fourth-order valence-corrected chi connectivity index (χ4v) is 3.58. The molecule has 1 aromatic carbocycles. The molecular formula is C19H18N4O2. The zero-order valence-electron chi connectivity index (χ0n) is 13.7. The molecule has 1 fully saturated rings. The topological polar surface area (TPSA) is 79.8 Å². The van der Waals surface area contributed by atoms with E-state index in [2.05, 4.69) is 15.4 Å². The number of H-pyrrole nitrogens is 1. The van der Waals surface area contributed by atoms with E-state index in [1.54, 1.807) is 6.20 Å². The van der Waals surface area contributed by atoms with E-state index in [1.807, 2.05) is 28.9 Å². The molecule has 2 aromatic heterocycles. The normalized spacial score (nSPS) is 16.4. The molecule has 0 atom stereocenters. The summed E-state index contributed by atoms with van der Waals surface area (Å²) < 4.78 is 1.93. The van der Waals surface area contributed by atoms with Gasteiger partial charge >= 0.3 is 0 Å². The van der Waals surface area contributed by atoms with Crippen molar-refractivity contribution in [2.24, 2.45) is 5.92 Å². The fourth-order valence-electron chi connectivity index (χ4n) is 3.58. The van der Waals surface area contributed by atoms with Gasteiger partial charge in [-0.05, 0) is 55.0 Å². The van der Waals surface area contributed by atoms with Crippen LogP contribution >= 0.6 is 0 Å². The van der Waals surface area contributed by atoms with Crippen LogP contribution in [0.5, 0.6) is 0 Å². The second-order valence-corrected chi connectivity index (χ2v) is 6.96. The van der Waals surface area contributed by atoms with Gasteiger partial charge in [-0.25, -0.2) is 0 Å². The molecule has 2 aliphatic rings. The standard InChI is InChI=1S/C19H18N4O2/c24-16-6-3-12-9-13(4-5-14(12)16)21-18-17-15(7-8-20-19(17)25)23(22-18)10-11-1-2-11/h4-5,7-9,11H,1-3,6,10H2,(H,20,25)(H,21,22). The predicted molar refractivity (Wildman–Crippen MR) is 95.5 cm³/mol. The number of hydrogen-bond donors (Lipinski definition) is 2. The number of nitrogens with zero attached hydrogens (tertiary/aromatic N) is 2. The molecule has 0 saturated heterocycles. The summed E-state index contributed by atoms with van der Waals surface area (Å²) in [7, 11) is 0. The number of pyridine rings is 1. The lowest BCUT2D eigenvalue weighted by Crippen LogP contribution is -2.06. The first-order chi connectivity index (χ1) is 12.2. The second kappa shape index (κ2) is 5.31. The Labute approximate surface area is 143 Å². The van der Waals surface area contributed by atoms with Crippen LogP contribution in [0.15, 0.2) is 35.3 Å². The molecule has 126 valence electrons. The Kier molecular flexibility index (Phi) is 3.07. The van der Waals surface area contributed by atoms with E-state index in [9.17, 15) is 9.59 Å². The molecule has 6 heteroatoms. The number of hydrogen-bond acceptors (Lipinski definition) is 4. The molecule has 2 N–H and O–H groups in total. The first kappa shape index (κ1) is 14.5. The third-order valence-electron chi connectivity index (χ3n) is 5.09. The van der Waals surface area contributed by atoms with E-state index < -0.39 is 0 Å². The summed E-state index contributed by atoms with van der Waals surface area (Å²) in [6, 6.07) is 7.63. The van der Waals surface area contributed by atoms with Gasteiger partial charge in [-0.15, -0.1) is 0 Å². The molecular weight excluding hydrogens is 316 g/mol. The minimum Gasteiger partial charge on any atom is -0.338 e. The maximum absolute atomic E-state index is 12.3. The Balaban J connectivity index is 1.56. The largest absolute Gasteiger partial charge is 0.338 e.